The number of benzene rings is 1. The van der Waals surface area contributed by atoms with Crippen LogP contribution in [0.15, 0.2) is 24.3 Å². The van der Waals surface area contributed by atoms with E-state index in [1.807, 2.05) is 39.0 Å². The molecule has 1 aromatic heterocycles. The molecule has 8 nitrogen and oxygen atoms in total. The van der Waals surface area contributed by atoms with E-state index in [4.69, 9.17) is 4.74 Å². The highest BCUT2D eigenvalue weighted by atomic mass is 16.5. The van der Waals surface area contributed by atoms with Gasteiger partial charge in [-0.05, 0) is 49.3 Å². The number of ketones is 1. The predicted octanol–water partition coefficient (Wildman–Crippen LogP) is 3.87. The van der Waals surface area contributed by atoms with Crippen molar-refractivity contribution in [3.8, 4) is 11.8 Å². The first-order valence-corrected chi connectivity index (χ1v) is 11.8. The molecule has 2 aromatic rings. The molecule has 0 saturated heterocycles. The van der Waals surface area contributed by atoms with Crippen molar-refractivity contribution < 1.29 is 19.1 Å². The molecule has 34 heavy (non-hydrogen) atoms. The number of aromatic nitrogens is 1. The van der Waals surface area contributed by atoms with Gasteiger partial charge in [-0.2, -0.15) is 5.26 Å². The fourth-order valence-electron chi connectivity index (χ4n) is 4.49. The Labute approximate surface area is 200 Å². The predicted molar refractivity (Wildman–Crippen MR) is 129 cm³/mol. The second kappa shape index (κ2) is 10.7. The summed E-state index contributed by atoms with van der Waals surface area (Å²) >= 11 is 0. The largest absolute Gasteiger partial charge is 0.496 e. The third kappa shape index (κ3) is 6.37. The van der Waals surface area contributed by atoms with Crippen LogP contribution in [0.2, 0.25) is 0 Å². The Morgan fingerprint density at radius 3 is 2.68 bits per heavy atom. The van der Waals surface area contributed by atoms with Gasteiger partial charge in [-0.1, -0.05) is 33.3 Å². The maximum absolute atomic E-state index is 13.2. The number of hydrogen-bond donors (Lipinski definition) is 3. The highest BCUT2D eigenvalue weighted by molar-refractivity contribution is 6.01. The average molecular weight is 467 g/mol. The van der Waals surface area contributed by atoms with Gasteiger partial charge in [0.05, 0.1) is 13.2 Å². The maximum atomic E-state index is 13.2. The van der Waals surface area contributed by atoms with E-state index in [9.17, 15) is 19.6 Å². The average Bonchev–Trinajstić information content (AvgIpc) is 3.23. The van der Waals surface area contributed by atoms with Gasteiger partial charge >= 0.3 is 0 Å². The number of amides is 2. The first-order valence-electron chi connectivity index (χ1n) is 11.8. The summed E-state index contributed by atoms with van der Waals surface area (Å²) in [5, 5.41) is 16.0. The van der Waals surface area contributed by atoms with Crippen molar-refractivity contribution in [2.45, 2.75) is 71.4 Å². The minimum atomic E-state index is -0.835. The van der Waals surface area contributed by atoms with Crippen molar-refractivity contribution in [3.05, 3.63) is 30.0 Å². The van der Waals surface area contributed by atoms with Gasteiger partial charge < -0.3 is 20.4 Å². The lowest BCUT2D eigenvalue weighted by Crippen LogP contribution is -2.51. The molecule has 3 rings (SSSR count). The molecule has 1 aromatic carbocycles. The number of ether oxygens (including phenoxy) is 1. The summed E-state index contributed by atoms with van der Waals surface area (Å²) in [6.07, 6.45) is 3.82. The topological polar surface area (TPSA) is 124 Å². The summed E-state index contributed by atoms with van der Waals surface area (Å²) in [5.41, 5.74) is 0.819. The molecule has 182 valence electrons. The van der Waals surface area contributed by atoms with Crippen LogP contribution in [0.25, 0.3) is 10.9 Å². The molecular weight excluding hydrogens is 432 g/mol. The second-order valence-electron chi connectivity index (χ2n) is 10.2. The van der Waals surface area contributed by atoms with Gasteiger partial charge in [0.2, 0.25) is 5.91 Å². The minimum Gasteiger partial charge on any atom is -0.496 e. The van der Waals surface area contributed by atoms with Gasteiger partial charge in [0.15, 0.2) is 0 Å². The van der Waals surface area contributed by atoms with Gasteiger partial charge in [-0.3, -0.25) is 14.4 Å². The molecule has 1 heterocycles. The molecule has 0 spiro atoms. The summed E-state index contributed by atoms with van der Waals surface area (Å²) in [4.78, 5) is 41.5. The lowest BCUT2D eigenvalue weighted by atomic mass is 9.83. The zero-order valence-electron chi connectivity index (χ0n) is 20.4. The second-order valence-corrected chi connectivity index (χ2v) is 10.2. The maximum Gasteiger partial charge on any atom is 0.268 e. The highest BCUT2D eigenvalue weighted by Gasteiger charge is 2.31. The summed E-state index contributed by atoms with van der Waals surface area (Å²) in [6, 6.07) is 7.68. The number of H-pyrrole nitrogens is 1. The Morgan fingerprint density at radius 2 is 2.03 bits per heavy atom. The molecule has 1 saturated carbocycles. The number of methoxy groups -OCH3 is 1. The Kier molecular flexibility index (Phi) is 7.98. The van der Waals surface area contributed by atoms with Crippen LogP contribution in [0.4, 0.5) is 0 Å². The number of hydrogen-bond acceptors (Lipinski definition) is 5. The SMILES string of the molecule is COc1cccc2[nH]c(C(=O)NC(CC(C)(C)C)C(=O)N[C@H](C#N)C[C@@H]3CCCCC3=O)cc12. The van der Waals surface area contributed by atoms with Crippen molar-refractivity contribution in [1.82, 2.24) is 15.6 Å². The highest BCUT2D eigenvalue weighted by Crippen LogP contribution is 2.27. The summed E-state index contributed by atoms with van der Waals surface area (Å²) in [5.74, 6) is -0.235. The molecule has 1 aliphatic rings. The first-order chi connectivity index (χ1) is 16.1. The number of aromatic amines is 1. The van der Waals surface area contributed by atoms with Crippen LogP contribution in [0, 0.1) is 22.7 Å². The quantitative estimate of drug-likeness (QED) is 0.545. The van der Waals surface area contributed by atoms with Crippen LogP contribution in [-0.2, 0) is 9.59 Å². The third-order valence-corrected chi connectivity index (χ3v) is 6.20. The Hall–Kier alpha value is -3.34. The summed E-state index contributed by atoms with van der Waals surface area (Å²) in [7, 11) is 1.57. The standard InChI is InChI=1S/C26H34N4O4/c1-26(2,3)14-21(25(33)28-17(15-27)12-16-8-5-6-10-22(16)31)30-24(32)20-13-18-19(29-20)9-7-11-23(18)34-4/h7,9,11,13,16-17,21,29H,5-6,8,10,12,14H2,1-4H3,(H,28,33)(H,30,32)/t16-,17-,21?/m0/s1. The van der Waals surface area contributed by atoms with Gasteiger partial charge in [0, 0.05) is 23.2 Å². The molecular formula is C26H34N4O4. The Bertz CT molecular complexity index is 1090. The van der Waals surface area contributed by atoms with Crippen molar-refractivity contribution in [2.24, 2.45) is 11.3 Å². The number of nitriles is 1. The molecule has 3 N–H and O–H groups in total. The van der Waals surface area contributed by atoms with Crippen LogP contribution >= 0.6 is 0 Å². The number of fused-ring (bicyclic) bond motifs is 1. The van der Waals surface area contributed by atoms with Crippen LogP contribution in [-0.4, -0.2) is 41.8 Å². The van der Waals surface area contributed by atoms with E-state index in [1.165, 1.54) is 0 Å². The zero-order valence-corrected chi connectivity index (χ0v) is 20.4. The van der Waals surface area contributed by atoms with E-state index in [2.05, 4.69) is 21.7 Å². The first kappa shape index (κ1) is 25.3. The molecule has 0 radical (unpaired) electrons. The van der Waals surface area contributed by atoms with Gasteiger partial charge in [-0.25, -0.2) is 0 Å². The van der Waals surface area contributed by atoms with Crippen molar-refractivity contribution in [3.63, 3.8) is 0 Å². The van der Waals surface area contributed by atoms with Crippen molar-refractivity contribution in [1.29, 1.82) is 5.26 Å². The molecule has 8 heteroatoms. The van der Waals surface area contributed by atoms with E-state index in [0.29, 0.717) is 30.7 Å². The van der Waals surface area contributed by atoms with Gasteiger partial charge in [-0.15, -0.1) is 0 Å². The van der Waals surface area contributed by atoms with Gasteiger partial charge in [0.1, 0.15) is 29.3 Å². The zero-order chi connectivity index (χ0) is 24.9. The normalized spacial score (nSPS) is 18.1. The number of nitrogens with zero attached hydrogens (tertiary/aromatic N) is 1. The van der Waals surface area contributed by atoms with E-state index >= 15 is 0 Å². The lowest BCUT2D eigenvalue weighted by Gasteiger charge is -2.28. The molecule has 1 fully saturated rings. The monoisotopic (exact) mass is 466 g/mol. The van der Waals surface area contributed by atoms with Crippen molar-refractivity contribution in [2.75, 3.05) is 7.11 Å². The van der Waals surface area contributed by atoms with Crippen LogP contribution < -0.4 is 15.4 Å². The number of carbonyl (C=O) groups is 3. The fourth-order valence-corrected chi connectivity index (χ4v) is 4.49. The number of rotatable bonds is 8. The summed E-state index contributed by atoms with van der Waals surface area (Å²) < 4.78 is 5.36. The Morgan fingerprint density at radius 1 is 1.26 bits per heavy atom. The smallest absolute Gasteiger partial charge is 0.268 e. The Balaban J connectivity index is 1.74. The van der Waals surface area contributed by atoms with E-state index in [1.54, 1.807) is 13.2 Å². The molecule has 1 unspecified atom stereocenters. The summed E-state index contributed by atoms with van der Waals surface area (Å²) in [6.45, 7) is 5.95. The fraction of sp³-hybridized carbons (Fsp3) is 0.538. The molecule has 1 aliphatic carbocycles. The van der Waals surface area contributed by atoms with E-state index in [-0.39, 0.29) is 17.1 Å². The van der Waals surface area contributed by atoms with E-state index < -0.39 is 23.9 Å². The molecule has 0 bridgehead atoms. The van der Waals surface area contributed by atoms with E-state index in [0.717, 1.165) is 30.2 Å². The minimum absolute atomic E-state index is 0.162. The molecule has 2 amide bonds. The lowest BCUT2D eigenvalue weighted by molar-refractivity contribution is -0.126. The molecule has 0 aliphatic heterocycles. The van der Waals surface area contributed by atoms with Gasteiger partial charge in [0.25, 0.3) is 5.91 Å². The number of nitrogens with one attached hydrogen (secondary N) is 3. The van der Waals surface area contributed by atoms with Crippen molar-refractivity contribution >= 4 is 28.5 Å². The number of carbonyl (C=O) groups excluding carboxylic acids is 3. The third-order valence-electron chi connectivity index (χ3n) is 6.20. The molecule has 3 atom stereocenters. The van der Waals surface area contributed by atoms with Crippen LogP contribution in [0.1, 0.15) is 69.8 Å². The number of Topliss-reactive ketones (excluding diaryl/α,β-unsaturated/α-hetero) is 1. The van der Waals surface area contributed by atoms with Crippen LogP contribution in [0.5, 0.6) is 5.75 Å². The van der Waals surface area contributed by atoms with Crippen LogP contribution in [0.3, 0.4) is 0 Å².